The lowest BCUT2D eigenvalue weighted by Gasteiger charge is -2.35. The van der Waals surface area contributed by atoms with E-state index >= 15 is 0 Å². The van der Waals surface area contributed by atoms with E-state index in [1.807, 2.05) is 0 Å². The van der Waals surface area contributed by atoms with Gasteiger partial charge < -0.3 is 15.4 Å². The molecule has 3 fully saturated rings. The van der Waals surface area contributed by atoms with Crippen molar-refractivity contribution in [2.24, 2.45) is 4.99 Å². The van der Waals surface area contributed by atoms with Crippen LogP contribution in [0.1, 0.15) is 38.2 Å². The van der Waals surface area contributed by atoms with Gasteiger partial charge in [0, 0.05) is 44.8 Å². The number of likely N-dealkylation sites (tertiary alicyclic amines) is 1. The van der Waals surface area contributed by atoms with Gasteiger partial charge in [0.2, 0.25) is 0 Å². The summed E-state index contributed by atoms with van der Waals surface area (Å²) in [6, 6.07) is 11.9. The summed E-state index contributed by atoms with van der Waals surface area (Å²) in [5.41, 5.74) is 1.40. The lowest BCUT2D eigenvalue weighted by molar-refractivity contribution is -0.0432. The molecule has 0 bridgehead atoms. The summed E-state index contributed by atoms with van der Waals surface area (Å²) in [6.07, 6.45) is 5.16. The van der Waals surface area contributed by atoms with Crippen molar-refractivity contribution in [2.75, 3.05) is 45.9 Å². The van der Waals surface area contributed by atoms with Gasteiger partial charge in [0.05, 0.1) is 19.3 Å². The largest absolute Gasteiger partial charge is 0.373 e. The summed E-state index contributed by atoms with van der Waals surface area (Å²) < 4.78 is 6.07. The number of hydrogen-bond acceptors (Lipinski definition) is 4. The van der Waals surface area contributed by atoms with E-state index in [1.165, 1.54) is 24.9 Å². The van der Waals surface area contributed by atoms with Crippen molar-refractivity contribution in [3.05, 3.63) is 35.9 Å². The Morgan fingerprint density at radius 3 is 2.76 bits per heavy atom. The Bertz CT molecular complexity index is 644. The molecule has 6 heteroatoms. The first-order chi connectivity index (χ1) is 14.3. The van der Waals surface area contributed by atoms with Crippen LogP contribution < -0.4 is 10.6 Å². The van der Waals surface area contributed by atoms with Gasteiger partial charge in [0.25, 0.3) is 0 Å². The smallest absolute Gasteiger partial charge is 0.191 e. The van der Waals surface area contributed by atoms with Gasteiger partial charge in [0.1, 0.15) is 0 Å². The molecule has 0 aromatic heterocycles. The molecule has 1 aromatic carbocycles. The Morgan fingerprint density at radius 2 is 1.97 bits per heavy atom. The molecule has 2 atom stereocenters. The number of hydrogen-bond donors (Lipinski definition) is 2. The lowest BCUT2D eigenvalue weighted by Crippen LogP contribution is -2.50. The molecule has 0 radical (unpaired) electrons. The third kappa shape index (κ3) is 5.93. The van der Waals surface area contributed by atoms with Crippen molar-refractivity contribution in [2.45, 2.75) is 57.3 Å². The second-order valence-electron chi connectivity index (χ2n) is 8.65. The predicted molar refractivity (Wildman–Crippen MR) is 118 cm³/mol. The van der Waals surface area contributed by atoms with Crippen molar-refractivity contribution in [3.63, 3.8) is 0 Å². The van der Waals surface area contributed by atoms with Crippen LogP contribution in [-0.2, 0) is 11.3 Å². The maximum Gasteiger partial charge on any atom is 0.191 e. The molecule has 2 N–H and O–H groups in total. The van der Waals surface area contributed by atoms with E-state index in [0.29, 0.717) is 12.1 Å². The van der Waals surface area contributed by atoms with Crippen LogP contribution in [0.5, 0.6) is 0 Å². The normalized spacial score (nSPS) is 27.0. The van der Waals surface area contributed by atoms with E-state index in [0.717, 1.165) is 64.7 Å². The third-order valence-electron chi connectivity index (χ3n) is 6.44. The van der Waals surface area contributed by atoms with E-state index in [2.05, 4.69) is 57.7 Å². The second-order valence-corrected chi connectivity index (χ2v) is 8.65. The zero-order valence-corrected chi connectivity index (χ0v) is 17.9. The van der Waals surface area contributed by atoms with Gasteiger partial charge in [-0.05, 0) is 44.7 Å². The number of morpholine rings is 1. The number of fused-ring (bicyclic) bond motifs is 1. The fourth-order valence-electron chi connectivity index (χ4n) is 4.78. The zero-order valence-electron chi connectivity index (χ0n) is 17.9. The van der Waals surface area contributed by atoms with Gasteiger partial charge in [-0.2, -0.15) is 0 Å². The minimum atomic E-state index is 0.229. The highest BCUT2D eigenvalue weighted by molar-refractivity contribution is 5.80. The number of nitrogens with one attached hydrogen (secondary N) is 2. The average Bonchev–Trinajstić information content (AvgIpc) is 3.22. The fraction of sp³-hybridized carbons (Fsp3) is 0.696. The summed E-state index contributed by atoms with van der Waals surface area (Å²) >= 11 is 0. The van der Waals surface area contributed by atoms with Gasteiger partial charge in [0.15, 0.2) is 5.96 Å². The molecule has 4 rings (SSSR count). The van der Waals surface area contributed by atoms with Gasteiger partial charge in [-0.15, -0.1) is 0 Å². The highest BCUT2D eigenvalue weighted by atomic mass is 16.5. The maximum atomic E-state index is 6.07. The SMILES string of the molecule is CCNC(=NCC1CN2CCCC2CO1)NC1CCN(Cc2ccccc2)CC1. The molecular formula is C23H37N5O. The summed E-state index contributed by atoms with van der Waals surface area (Å²) in [7, 11) is 0. The standard InChI is InChI=1S/C23H37N5O/c1-2-24-23(25-15-22-17-28-12-6-9-21(28)18-29-22)26-20-10-13-27(14-11-20)16-19-7-4-3-5-8-19/h3-5,7-8,20-22H,2,6,9-18H2,1H3,(H2,24,25,26). The van der Waals surface area contributed by atoms with Gasteiger partial charge in [-0.25, -0.2) is 0 Å². The van der Waals surface area contributed by atoms with Crippen LogP contribution in [0.4, 0.5) is 0 Å². The molecule has 3 saturated heterocycles. The summed E-state index contributed by atoms with van der Waals surface area (Å²) in [4.78, 5) is 10.0. The number of aliphatic imine (C=N–C) groups is 1. The molecule has 0 amide bonds. The van der Waals surface area contributed by atoms with E-state index in [-0.39, 0.29) is 6.10 Å². The van der Waals surface area contributed by atoms with E-state index in [1.54, 1.807) is 0 Å². The van der Waals surface area contributed by atoms with Crippen molar-refractivity contribution in [3.8, 4) is 0 Å². The number of nitrogens with zero attached hydrogens (tertiary/aromatic N) is 3. The minimum absolute atomic E-state index is 0.229. The van der Waals surface area contributed by atoms with Gasteiger partial charge >= 0.3 is 0 Å². The monoisotopic (exact) mass is 399 g/mol. The summed E-state index contributed by atoms with van der Waals surface area (Å²) in [5, 5.41) is 7.09. The number of guanidine groups is 1. The molecular weight excluding hydrogens is 362 g/mol. The molecule has 0 saturated carbocycles. The van der Waals surface area contributed by atoms with Crippen LogP contribution in [-0.4, -0.2) is 79.8 Å². The zero-order chi connectivity index (χ0) is 19.9. The van der Waals surface area contributed by atoms with Gasteiger partial charge in [-0.3, -0.25) is 14.8 Å². The third-order valence-corrected chi connectivity index (χ3v) is 6.44. The molecule has 0 spiro atoms. The molecule has 3 heterocycles. The van der Waals surface area contributed by atoms with Crippen molar-refractivity contribution >= 4 is 5.96 Å². The van der Waals surface area contributed by atoms with Crippen LogP contribution >= 0.6 is 0 Å². The quantitative estimate of drug-likeness (QED) is 0.567. The van der Waals surface area contributed by atoms with Crippen molar-refractivity contribution in [1.29, 1.82) is 0 Å². The highest BCUT2D eigenvalue weighted by Crippen LogP contribution is 2.22. The average molecular weight is 400 g/mol. The number of rotatable bonds is 6. The van der Waals surface area contributed by atoms with Crippen LogP contribution in [0, 0.1) is 0 Å². The lowest BCUT2D eigenvalue weighted by atomic mass is 10.0. The van der Waals surface area contributed by atoms with E-state index in [4.69, 9.17) is 9.73 Å². The van der Waals surface area contributed by atoms with Crippen LogP contribution in [0.2, 0.25) is 0 Å². The maximum absolute atomic E-state index is 6.07. The molecule has 29 heavy (non-hydrogen) atoms. The van der Waals surface area contributed by atoms with E-state index in [9.17, 15) is 0 Å². The van der Waals surface area contributed by atoms with Crippen molar-refractivity contribution < 1.29 is 4.74 Å². The van der Waals surface area contributed by atoms with Crippen LogP contribution in [0.25, 0.3) is 0 Å². The predicted octanol–water partition coefficient (Wildman–Crippen LogP) is 2.07. The summed E-state index contributed by atoms with van der Waals surface area (Å²) in [6.45, 7) is 10.2. The first kappa shape index (κ1) is 20.6. The van der Waals surface area contributed by atoms with Crippen molar-refractivity contribution in [1.82, 2.24) is 20.4 Å². The Hall–Kier alpha value is -1.63. The Morgan fingerprint density at radius 1 is 1.14 bits per heavy atom. The van der Waals surface area contributed by atoms with E-state index < -0.39 is 0 Å². The molecule has 3 aliphatic heterocycles. The molecule has 6 nitrogen and oxygen atoms in total. The second kappa shape index (κ2) is 10.4. The number of piperidine rings is 1. The molecule has 160 valence electrons. The molecule has 0 aliphatic carbocycles. The van der Waals surface area contributed by atoms with Crippen LogP contribution in [0.15, 0.2) is 35.3 Å². The first-order valence-corrected chi connectivity index (χ1v) is 11.5. The molecule has 1 aromatic rings. The number of benzene rings is 1. The number of ether oxygens (including phenoxy) is 1. The first-order valence-electron chi connectivity index (χ1n) is 11.5. The highest BCUT2D eigenvalue weighted by Gasteiger charge is 2.32. The minimum Gasteiger partial charge on any atom is -0.373 e. The Labute approximate surface area is 175 Å². The van der Waals surface area contributed by atoms with Crippen LogP contribution in [0.3, 0.4) is 0 Å². The topological polar surface area (TPSA) is 52.1 Å². The Kier molecular flexibility index (Phi) is 7.41. The molecule has 3 aliphatic rings. The fourth-order valence-corrected chi connectivity index (χ4v) is 4.78. The Balaban J connectivity index is 1.22. The molecule has 2 unspecified atom stereocenters. The van der Waals surface area contributed by atoms with Gasteiger partial charge in [-0.1, -0.05) is 30.3 Å². The summed E-state index contributed by atoms with van der Waals surface area (Å²) in [5.74, 6) is 0.946.